The fourth-order valence-electron chi connectivity index (χ4n) is 1.38. The SMILES string of the molecule is CC(=O)c1ccc(C(=O)Nc2ccc(Br)cc2)s1. The molecular weight excluding hydrogens is 314 g/mol. The van der Waals surface area contributed by atoms with Crippen LogP contribution in [0.25, 0.3) is 0 Å². The maximum absolute atomic E-state index is 11.9. The van der Waals surface area contributed by atoms with Crippen LogP contribution >= 0.6 is 27.3 Å². The number of nitrogens with one attached hydrogen (secondary N) is 1. The Morgan fingerprint density at radius 1 is 1.06 bits per heavy atom. The average molecular weight is 324 g/mol. The van der Waals surface area contributed by atoms with Crippen molar-refractivity contribution in [2.24, 2.45) is 0 Å². The van der Waals surface area contributed by atoms with Crippen molar-refractivity contribution in [3.63, 3.8) is 0 Å². The third kappa shape index (κ3) is 3.05. The number of thiophene rings is 1. The minimum absolute atomic E-state index is 0.0253. The molecule has 0 radical (unpaired) electrons. The first-order valence-corrected chi connectivity index (χ1v) is 6.85. The van der Waals surface area contributed by atoms with Crippen molar-refractivity contribution in [1.29, 1.82) is 0 Å². The van der Waals surface area contributed by atoms with Gasteiger partial charge in [-0.2, -0.15) is 0 Å². The number of Topliss-reactive ketones (excluding diaryl/α,β-unsaturated/α-hetero) is 1. The maximum atomic E-state index is 11.9. The van der Waals surface area contributed by atoms with Gasteiger partial charge in [0.2, 0.25) is 0 Å². The Morgan fingerprint density at radius 2 is 1.67 bits per heavy atom. The molecule has 2 rings (SSSR count). The molecule has 0 bridgehead atoms. The molecule has 2 aromatic rings. The van der Waals surface area contributed by atoms with Gasteiger partial charge in [0.15, 0.2) is 5.78 Å². The molecule has 0 fully saturated rings. The van der Waals surface area contributed by atoms with Crippen LogP contribution in [0, 0.1) is 0 Å². The molecule has 0 saturated carbocycles. The normalized spacial score (nSPS) is 10.1. The van der Waals surface area contributed by atoms with Crippen LogP contribution in [0.3, 0.4) is 0 Å². The van der Waals surface area contributed by atoms with Gasteiger partial charge >= 0.3 is 0 Å². The highest BCUT2D eigenvalue weighted by Gasteiger charge is 2.11. The minimum atomic E-state index is -0.199. The summed E-state index contributed by atoms with van der Waals surface area (Å²) in [6.07, 6.45) is 0. The van der Waals surface area contributed by atoms with E-state index in [0.717, 1.165) is 10.2 Å². The third-order valence-corrected chi connectivity index (χ3v) is 3.99. The molecule has 0 aliphatic heterocycles. The summed E-state index contributed by atoms with van der Waals surface area (Å²) < 4.78 is 0.954. The Bertz CT molecular complexity index is 589. The topological polar surface area (TPSA) is 46.2 Å². The molecule has 1 aromatic heterocycles. The second-order valence-corrected chi connectivity index (χ2v) is 5.68. The first-order valence-electron chi connectivity index (χ1n) is 5.24. The second kappa shape index (κ2) is 5.46. The van der Waals surface area contributed by atoms with E-state index in [-0.39, 0.29) is 11.7 Å². The molecule has 92 valence electrons. The lowest BCUT2D eigenvalue weighted by Gasteiger charge is -2.03. The van der Waals surface area contributed by atoms with Crippen LogP contribution in [0.1, 0.15) is 26.3 Å². The van der Waals surface area contributed by atoms with Crippen LogP contribution in [0.2, 0.25) is 0 Å². The van der Waals surface area contributed by atoms with E-state index in [1.54, 1.807) is 12.1 Å². The lowest BCUT2D eigenvalue weighted by molar-refractivity contribution is 0.101. The molecule has 5 heteroatoms. The standard InChI is InChI=1S/C13H10BrNO2S/c1-8(16)11-6-7-12(18-11)13(17)15-10-4-2-9(14)3-5-10/h2-7H,1H3,(H,15,17). The van der Waals surface area contributed by atoms with Gasteiger partial charge < -0.3 is 5.32 Å². The van der Waals surface area contributed by atoms with Crippen LogP contribution in [0.5, 0.6) is 0 Å². The lowest BCUT2D eigenvalue weighted by Crippen LogP contribution is -2.09. The Hall–Kier alpha value is -1.46. The summed E-state index contributed by atoms with van der Waals surface area (Å²) in [5.41, 5.74) is 0.723. The first-order chi connectivity index (χ1) is 8.56. The summed E-state index contributed by atoms with van der Waals surface area (Å²) in [6, 6.07) is 10.7. The molecule has 18 heavy (non-hydrogen) atoms. The molecule has 1 aromatic carbocycles. The van der Waals surface area contributed by atoms with Gasteiger partial charge in [-0.3, -0.25) is 9.59 Å². The van der Waals surface area contributed by atoms with Gasteiger partial charge in [0.1, 0.15) is 0 Å². The predicted octanol–water partition coefficient (Wildman–Crippen LogP) is 3.97. The third-order valence-electron chi connectivity index (χ3n) is 2.28. The number of amides is 1. The molecule has 0 unspecified atom stereocenters. The summed E-state index contributed by atoms with van der Waals surface area (Å²) >= 11 is 4.53. The first kappa shape index (κ1) is 13.0. The van der Waals surface area contributed by atoms with E-state index in [9.17, 15) is 9.59 Å². The van der Waals surface area contributed by atoms with E-state index in [4.69, 9.17) is 0 Å². The number of carbonyl (C=O) groups excluding carboxylic acids is 2. The summed E-state index contributed by atoms with van der Waals surface area (Å²) in [5, 5.41) is 2.78. The van der Waals surface area contributed by atoms with Gasteiger partial charge in [-0.1, -0.05) is 15.9 Å². The Balaban J connectivity index is 2.11. The van der Waals surface area contributed by atoms with Crippen molar-refractivity contribution in [1.82, 2.24) is 0 Å². The Labute approximate surface area is 117 Å². The largest absolute Gasteiger partial charge is 0.321 e. The van der Waals surface area contributed by atoms with Crippen LogP contribution in [-0.4, -0.2) is 11.7 Å². The van der Waals surface area contributed by atoms with Crippen LogP contribution in [0.4, 0.5) is 5.69 Å². The number of ketones is 1. The summed E-state index contributed by atoms with van der Waals surface area (Å²) in [4.78, 5) is 24.2. The fraction of sp³-hybridized carbons (Fsp3) is 0.0769. The number of hydrogen-bond donors (Lipinski definition) is 1. The predicted molar refractivity (Wildman–Crippen MR) is 76.4 cm³/mol. The van der Waals surface area contributed by atoms with Crippen molar-refractivity contribution < 1.29 is 9.59 Å². The highest BCUT2D eigenvalue weighted by Crippen LogP contribution is 2.19. The Kier molecular flexibility index (Phi) is 3.93. The summed E-state index contributed by atoms with van der Waals surface area (Å²) in [7, 11) is 0. The van der Waals surface area contributed by atoms with Crippen molar-refractivity contribution in [2.45, 2.75) is 6.92 Å². The number of rotatable bonds is 3. The van der Waals surface area contributed by atoms with Gasteiger partial charge in [0, 0.05) is 10.2 Å². The quantitative estimate of drug-likeness (QED) is 0.869. The minimum Gasteiger partial charge on any atom is -0.321 e. The van der Waals surface area contributed by atoms with Crippen molar-refractivity contribution in [3.8, 4) is 0 Å². The van der Waals surface area contributed by atoms with E-state index in [1.165, 1.54) is 18.3 Å². The van der Waals surface area contributed by atoms with Crippen molar-refractivity contribution in [3.05, 3.63) is 50.6 Å². The number of carbonyl (C=O) groups is 2. The van der Waals surface area contributed by atoms with Crippen molar-refractivity contribution in [2.75, 3.05) is 5.32 Å². The molecule has 0 aliphatic carbocycles. The van der Waals surface area contributed by atoms with E-state index in [1.807, 2.05) is 24.3 Å². The lowest BCUT2D eigenvalue weighted by atomic mass is 10.3. The summed E-state index contributed by atoms with van der Waals surface area (Å²) in [6.45, 7) is 1.49. The molecule has 0 spiro atoms. The maximum Gasteiger partial charge on any atom is 0.265 e. The smallest absolute Gasteiger partial charge is 0.265 e. The van der Waals surface area contributed by atoms with E-state index in [0.29, 0.717) is 9.75 Å². The van der Waals surface area contributed by atoms with Gasteiger partial charge in [0.25, 0.3) is 5.91 Å². The highest BCUT2D eigenvalue weighted by atomic mass is 79.9. The van der Waals surface area contributed by atoms with Gasteiger partial charge in [0.05, 0.1) is 9.75 Å². The van der Waals surface area contributed by atoms with Gasteiger partial charge in [-0.15, -0.1) is 11.3 Å². The second-order valence-electron chi connectivity index (χ2n) is 3.68. The van der Waals surface area contributed by atoms with Crippen molar-refractivity contribution >= 4 is 44.6 Å². The fourth-order valence-corrected chi connectivity index (χ4v) is 2.44. The van der Waals surface area contributed by atoms with Crippen LogP contribution < -0.4 is 5.32 Å². The molecule has 3 nitrogen and oxygen atoms in total. The average Bonchev–Trinajstić information content (AvgIpc) is 2.81. The number of anilines is 1. The Morgan fingerprint density at radius 3 is 2.22 bits per heavy atom. The molecule has 1 amide bonds. The molecule has 0 saturated heterocycles. The van der Waals surface area contributed by atoms with Gasteiger partial charge in [-0.25, -0.2) is 0 Å². The highest BCUT2D eigenvalue weighted by molar-refractivity contribution is 9.10. The number of hydrogen-bond acceptors (Lipinski definition) is 3. The monoisotopic (exact) mass is 323 g/mol. The molecule has 0 aliphatic rings. The van der Waals surface area contributed by atoms with E-state index in [2.05, 4.69) is 21.2 Å². The number of benzene rings is 1. The molecule has 0 atom stereocenters. The molecule has 1 heterocycles. The zero-order valence-corrected chi connectivity index (χ0v) is 12.0. The van der Waals surface area contributed by atoms with Gasteiger partial charge in [-0.05, 0) is 43.3 Å². The molecule has 1 N–H and O–H groups in total. The summed E-state index contributed by atoms with van der Waals surface area (Å²) in [5.74, 6) is -0.225. The van der Waals surface area contributed by atoms with E-state index < -0.39 is 0 Å². The molecular formula is C13H10BrNO2S. The van der Waals surface area contributed by atoms with Crippen LogP contribution in [-0.2, 0) is 0 Å². The number of halogens is 1. The van der Waals surface area contributed by atoms with Crippen LogP contribution in [0.15, 0.2) is 40.9 Å². The zero-order valence-electron chi connectivity index (χ0n) is 9.57. The van der Waals surface area contributed by atoms with E-state index >= 15 is 0 Å². The zero-order chi connectivity index (χ0) is 13.1.